The minimum atomic E-state index is -3.00. The van der Waals surface area contributed by atoms with E-state index in [1.165, 1.54) is 0 Å². The molecule has 1 N–H and O–H groups in total. The normalized spacial score (nSPS) is 23.2. The summed E-state index contributed by atoms with van der Waals surface area (Å²) in [5.74, 6) is 0.859. The van der Waals surface area contributed by atoms with Crippen molar-refractivity contribution < 1.29 is 18.0 Å². The first-order valence-electron chi connectivity index (χ1n) is 11.0. The molecule has 0 unspecified atom stereocenters. The molecule has 2 aromatic rings. The lowest BCUT2D eigenvalue weighted by atomic mass is 9.96. The topological polar surface area (TPSA) is 101 Å². The molecule has 4 rings (SSSR count). The maximum atomic E-state index is 13.1. The molecule has 8 nitrogen and oxygen atoms in total. The van der Waals surface area contributed by atoms with E-state index in [1.54, 1.807) is 17.0 Å². The molecule has 2 aliphatic rings. The number of hydrogen-bond donors (Lipinski definition) is 1. The van der Waals surface area contributed by atoms with Crippen LogP contribution in [0, 0.1) is 12.8 Å². The summed E-state index contributed by atoms with van der Waals surface area (Å²) < 4.78 is 25.8. The number of likely N-dealkylation sites (tertiary alicyclic amines) is 1. The van der Waals surface area contributed by atoms with Crippen molar-refractivity contribution in [1.82, 2.24) is 19.8 Å². The lowest BCUT2D eigenvalue weighted by Crippen LogP contribution is -2.45. The van der Waals surface area contributed by atoms with Crippen molar-refractivity contribution in [3.05, 3.63) is 29.6 Å². The smallest absolute Gasteiger partial charge is 0.253 e. The number of hydrogen-bond acceptors (Lipinski definition) is 5. The Morgan fingerprint density at radius 1 is 1.26 bits per heavy atom. The molecule has 2 amide bonds. The van der Waals surface area contributed by atoms with Gasteiger partial charge in [-0.2, -0.15) is 0 Å². The molecule has 0 radical (unpaired) electrons. The van der Waals surface area contributed by atoms with E-state index in [4.69, 9.17) is 0 Å². The van der Waals surface area contributed by atoms with E-state index < -0.39 is 9.84 Å². The predicted molar refractivity (Wildman–Crippen MR) is 119 cm³/mol. The summed E-state index contributed by atoms with van der Waals surface area (Å²) in [6.07, 6.45) is 3.08. The van der Waals surface area contributed by atoms with Crippen molar-refractivity contribution in [2.45, 2.75) is 45.6 Å². The van der Waals surface area contributed by atoms with Gasteiger partial charge in [-0.3, -0.25) is 9.59 Å². The van der Waals surface area contributed by atoms with Gasteiger partial charge in [-0.15, -0.1) is 0 Å². The number of aryl methyl sites for hydroxylation is 1. The molecule has 168 valence electrons. The zero-order valence-corrected chi connectivity index (χ0v) is 19.0. The summed E-state index contributed by atoms with van der Waals surface area (Å²) in [6.45, 7) is 5.62. The molecule has 0 spiro atoms. The van der Waals surface area contributed by atoms with Crippen LogP contribution in [0.3, 0.4) is 0 Å². The maximum absolute atomic E-state index is 13.1. The van der Waals surface area contributed by atoms with Gasteiger partial charge in [-0.25, -0.2) is 13.4 Å². The SMILES string of the molecule is CCCNC(=O)[C@H]1CCCN(C(=O)c2ccc3c(c2)nc(C)n3[C@H]2CCS(=O)(=O)C2)C1. The second-order valence-corrected chi connectivity index (χ2v) is 10.9. The van der Waals surface area contributed by atoms with Crippen LogP contribution >= 0.6 is 0 Å². The molecular weight excluding hydrogens is 416 g/mol. The molecule has 0 saturated carbocycles. The molecule has 1 aromatic heterocycles. The van der Waals surface area contributed by atoms with E-state index in [9.17, 15) is 18.0 Å². The van der Waals surface area contributed by atoms with Crippen molar-refractivity contribution in [3.8, 4) is 0 Å². The van der Waals surface area contributed by atoms with Crippen LogP contribution in [0.2, 0.25) is 0 Å². The van der Waals surface area contributed by atoms with E-state index in [2.05, 4.69) is 10.3 Å². The number of carbonyl (C=O) groups is 2. The van der Waals surface area contributed by atoms with Crippen LogP contribution in [0.25, 0.3) is 11.0 Å². The van der Waals surface area contributed by atoms with E-state index in [0.717, 1.165) is 30.6 Å². The van der Waals surface area contributed by atoms with E-state index in [-0.39, 0.29) is 35.3 Å². The molecule has 3 heterocycles. The first-order chi connectivity index (χ1) is 14.8. The Balaban J connectivity index is 1.53. The van der Waals surface area contributed by atoms with Gasteiger partial charge >= 0.3 is 0 Å². The van der Waals surface area contributed by atoms with Crippen LogP contribution in [-0.4, -0.2) is 65.8 Å². The van der Waals surface area contributed by atoms with Gasteiger partial charge < -0.3 is 14.8 Å². The Morgan fingerprint density at radius 3 is 2.77 bits per heavy atom. The first-order valence-corrected chi connectivity index (χ1v) is 12.9. The number of piperidine rings is 1. The molecule has 0 aliphatic carbocycles. The maximum Gasteiger partial charge on any atom is 0.253 e. The zero-order chi connectivity index (χ0) is 22.2. The van der Waals surface area contributed by atoms with E-state index >= 15 is 0 Å². The molecule has 0 bridgehead atoms. The fourth-order valence-corrected chi connectivity index (χ4v) is 6.44. The second kappa shape index (κ2) is 8.61. The highest BCUT2D eigenvalue weighted by atomic mass is 32.2. The molecule has 2 atom stereocenters. The number of aromatic nitrogens is 2. The van der Waals surface area contributed by atoms with Crippen LogP contribution in [-0.2, 0) is 14.6 Å². The van der Waals surface area contributed by atoms with Crippen LogP contribution in [0.15, 0.2) is 18.2 Å². The average molecular weight is 447 g/mol. The number of carbonyl (C=O) groups excluding carboxylic acids is 2. The third-order valence-electron chi connectivity index (χ3n) is 6.31. The standard InChI is InChI=1S/C22H30N4O4S/c1-3-9-23-21(27)17-5-4-10-25(13-17)22(28)16-6-7-20-19(12-16)24-15(2)26(20)18-8-11-31(29,30)14-18/h6-7,12,17-18H,3-5,8-11,13-14H2,1-2H3,(H,23,27)/t17-,18-/m0/s1. The molecule has 31 heavy (non-hydrogen) atoms. The lowest BCUT2D eigenvalue weighted by Gasteiger charge is -2.32. The van der Waals surface area contributed by atoms with Gasteiger partial charge in [-0.1, -0.05) is 6.92 Å². The van der Waals surface area contributed by atoms with Gasteiger partial charge in [0.05, 0.1) is 34.5 Å². The molecule has 9 heteroatoms. The Bertz CT molecular complexity index is 1110. The molecule has 2 aliphatic heterocycles. The number of benzene rings is 1. The summed E-state index contributed by atoms with van der Waals surface area (Å²) in [5, 5.41) is 2.93. The van der Waals surface area contributed by atoms with Gasteiger partial charge in [-0.05, 0) is 50.8 Å². The number of sulfone groups is 1. The van der Waals surface area contributed by atoms with E-state index in [0.29, 0.717) is 37.1 Å². The third kappa shape index (κ3) is 4.46. The Labute approximate surface area is 182 Å². The number of nitrogens with one attached hydrogen (secondary N) is 1. The number of amides is 2. The molecular formula is C22H30N4O4S. The fourth-order valence-electron chi connectivity index (χ4n) is 4.74. The van der Waals surface area contributed by atoms with Gasteiger partial charge in [0, 0.05) is 25.2 Å². The Kier molecular flexibility index (Phi) is 6.05. The minimum absolute atomic E-state index is 0.0238. The number of nitrogens with zero attached hydrogens (tertiary/aromatic N) is 3. The first kappa shape index (κ1) is 21.8. The van der Waals surface area contributed by atoms with Gasteiger partial charge in [0.2, 0.25) is 5.91 Å². The van der Waals surface area contributed by atoms with Gasteiger partial charge in [0.25, 0.3) is 5.91 Å². The van der Waals surface area contributed by atoms with Crippen molar-refractivity contribution in [2.24, 2.45) is 5.92 Å². The molecule has 2 saturated heterocycles. The van der Waals surface area contributed by atoms with Crippen LogP contribution in [0.1, 0.15) is 54.8 Å². The summed E-state index contributed by atoms with van der Waals surface area (Å²) in [5.41, 5.74) is 2.10. The minimum Gasteiger partial charge on any atom is -0.356 e. The average Bonchev–Trinajstić information content (AvgIpc) is 3.28. The highest BCUT2D eigenvalue weighted by molar-refractivity contribution is 7.91. The fraction of sp³-hybridized carbons (Fsp3) is 0.591. The monoisotopic (exact) mass is 446 g/mol. The number of fused-ring (bicyclic) bond motifs is 1. The van der Waals surface area contributed by atoms with Crippen LogP contribution in [0.5, 0.6) is 0 Å². The number of rotatable bonds is 5. The van der Waals surface area contributed by atoms with Crippen molar-refractivity contribution in [1.29, 1.82) is 0 Å². The Hall–Kier alpha value is -2.42. The van der Waals surface area contributed by atoms with Crippen molar-refractivity contribution >= 4 is 32.7 Å². The van der Waals surface area contributed by atoms with Gasteiger partial charge in [0.1, 0.15) is 5.82 Å². The lowest BCUT2D eigenvalue weighted by molar-refractivity contribution is -0.126. The second-order valence-electron chi connectivity index (χ2n) is 8.67. The Morgan fingerprint density at radius 2 is 2.06 bits per heavy atom. The van der Waals surface area contributed by atoms with Crippen molar-refractivity contribution in [2.75, 3.05) is 31.1 Å². The van der Waals surface area contributed by atoms with Crippen LogP contribution in [0.4, 0.5) is 0 Å². The highest BCUT2D eigenvalue weighted by Crippen LogP contribution is 2.30. The van der Waals surface area contributed by atoms with Crippen LogP contribution < -0.4 is 5.32 Å². The number of imidazole rings is 1. The van der Waals surface area contributed by atoms with Gasteiger partial charge in [0.15, 0.2) is 9.84 Å². The molecule has 1 aromatic carbocycles. The third-order valence-corrected chi connectivity index (χ3v) is 8.07. The highest BCUT2D eigenvalue weighted by Gasteiger charge is 2.32. The largest absolute Gasteiger partial charge is 0.356 e. The summed E-state index contributed by atoms with van der Waals surface area (Å²) in [4.78, 5) is 31.8. The summed E-state index contributed by atoms with van der Waals surface area (Å²) >= 11 is 0. The summed E-state index contributed by atoms with van der Waals surface area (Å²) in [7, 11) is -3.00. The molecule has 2 fully saturated rings. The predicted octanol–water partition coefficient (Wildman–Crippen LogP) is 2.08. The summed E-state index contributed by atoms with van der Waals surface area (Å²) in [6, 6.07) is 5.32. The zero-order valence-electron chi connectivity index (χ0n) is 18.1. The van der Waals surface area contributed by atoms with Crippen molar-refractivity contribution in [3.63, 3.8) is 0 Å². The quantitative estimate of drug-likeness (QED) is 0.758. The van der Waals surface area contributed by atoms with E-state index in [1.807, 2.05) is 24.5 Å².